The van der Waals surface area contributed by atoms with Gasteiger partial charge in [0.25, 0.3) is 0 Å². The van der Waals surface area contributed by atoms with Crippen molar-refractivity contribution in [1.82, 2.24) is 20.1 Å². The predicted molar refractivity (Wildman–Crippen MR) is 68.4 cm³/mol. The largest absolute Gasteiger partial charge is 0.307 e. The molecule has 17 heavy (non-hydrogen) atoms. The Balaban J connectivity index is 2.49. The molecule has 0 fully saturated rings. The van der Waals surface area contributed by atoms with Crippen LogP contribution < -0.4 is 5.32 Å². The number of nitrogens with one attached hydrogen (secondary N) is 1. The fourth-order valence-corrected chi connectivity index (χ4v) is 2.13. The second kappa shape index (κ2) is 5.04. The summed E-state index contributed by atoms with van der Waals surface area (Å²) in [7, 11) is 3.68. The lowest BCUT2D eigenvalue weighted by Gasteiger charge is -2.17. The van der Waals surface area contributed by atoms with Crippen molar-refractivity contribution in [3.8, 4) is 0 Å². The number of benzene rings is 1. The molecule has 1 atom stereocenters. The van der Waals surface area contributed by atoms with Gasteiger partial charge in [-0.2, -0.15) is 5.10 Å². The lowest BCUT2D eigenvalue weighted by molar-refractivity contribution is 0.591. The first-order valence-corrected chi connectivity index (χ1v) is 5.85. The van der Waals surface area contributed by atoms with Gasteiger partial charge in [0.05, 0.1) is 6.04 Å². The Hall–Kier alpha value is -1.10. The van der Waals surface area contributed by atoms with E-state index >= 15 is 0 Å². The highest BCUT2D eigenvalue weighted by Crippen LogP contribution is 2.29. The molecule has 0 saturated carbocycles. The lowest BCUT2D eigenvalue weighted by Crippen LogP contribution is -2.22. The summed E-state index contributed by atoms with van der Waals surface area (Å²) in [6.07, 6.45) is 1.51. The van der Waals surface area contributed by atoms with Gasteiger partial charge >= 0.3 is 0 Å². The molecule has 0 bridgehead atoms. The maximum atomic E-state index is 6.18. The molecule has 1 heterocycles. The van der Waals surface area contributed by atoms with E-state index in [0.717, 1.165) is 11.4 Å². The standard InChI is InChI=1S/C11H12Cl2N4/c1-14-10(11-15-6-16-17(11)2)8-5-7(12)3-4-9(8)13/h3-6,10,14H,1-2H3. The summed E-state index contributed by atoms with van der Waals surface area (Å²) in [5.74, 6) is 0.789. The van der Waals surface area contributed by atoms with E-state index in [9.17, 15) is 0 Å². The van der Waals surface area contributed by atoms with E-state index in [1.54, 1.807) is 16.8 Å². The fourth-order valence-electron chi connectivity index (χ4n) is 1.73. The van der Waals surface area contributed by atoms with Gasteiger partial charge in [-0.05, 0) is 30.8 Å². The fraction of sp³-hybridized carbons (Fsp3) is 0.273. The Morgan fingerprint density at radius 1 is 1.35 bits per heavy atom. The van der Waals surface area contributed by atoms with E-state index in [0.29, 0.717) is 10.0 Å². The molecule has 2 aromatic rings. The third kappa shape index (κ3) is 2.44. The van der Waals surface area contributed by atoms with E-state index in [2.05, 4.69) is 15.4 Å². The lowest BCUT2D eigenvalue weighted by atomic mass is 10.1. The van der Waals surface area contributed by atoms with Crippen molar-refractivity contribution in [3.63, 3.8) is 0 Å². The van der Waals surface area contributed by atoms with Crippen LogP contribution in [0, 0.1) is 0 Å². The van der Waals surface area contributed by atoms with Crippen molar-refractivity contribution in [2.24, 2.45) is 7.05 Å². The predicted octanol–water partition coefficient (Wildman–Crippen LogP) is 2.43. The minimum Gasteiger partial charge on any atom is -0.307 e. The van der Waals surface area contributed by atoms with Crippen LogP contribution in [0.4, 0.5) is 0 Å². The number of halogens is 2. The molecule has 2 rings (SSSR count). The Bertz CT molecular complexity index is 524. The molecule has 90 valence electrons. The normalized spacial score (nSPS) is 12.7. The molecular weight excluding hydrogens is 259 g/mol. The van der Waals surface area contributed by atoms with Crippen molar-refractivity contribution >= 4 is 23.2 Å². The van der Waals surface area contributed by atoms with Crippen LogP contribution in [0.3, 0.4) is 0 Å². The molecule has 1 aromatic heterocycles. The van der Waals surface area contributed by atoms with Gasteiger partial charge in [-0.25, -0.2) is 4.98 Å². The van der Waals surface area contributed by atoms with Crippen LogP contribution >= 0.6 is 23.2 Å². The summed E-state index contributed by atoms with van der Waals surface area (Å²) in [6, 6.07) is 5.24. The molecule has 0 amide bonds. The zero-order chi connectivity index (χ0) is 12.4. The van der Waals surface area contributed by atoms with E-state index < -0.39 is 0 Å². The first-order chi connectivity index (χ1) is 8.13. The SMILES string of the molecule is CNC(c1cc(Cl)ccc1Cl)c1ncnn1C. The molecule has 0 aliphatic carbocycles. The maximum absolute atomic E-state index is 6.18. The number of aromatic nitrogens is 3. The number of rotatable bonds is 3. The summed E-state index contributed by atoms with van der Waals surface area (Å²) in [5, 5.41) is 8.51. The highest BCUT2D eigenvalue weighted by atomic mass is 35.5. The van der Waals surface area contributed by atoms with Crippen LogP contribution in [-0.2, 0) is 7.05 Å². The molecule has 1 N–H and O–H groups in total. The average Bonchev–Trinajstić information content (AvgIpc) is 2.71. The third-order valence-electron chi connectivity index (χ3n) is 2.56. The van der Waals surface area contributed by atoms with E-state index in [-0.39, 0.29) is 6.04 Å². The summed E-state index contributed by atoms with van der Waals surface area (Å²) < 4.78 is 1.71. The van der Waals surface area contributed by atoms with Gasteiger partial charge in [0, 0.05) is 17.1 Å². The summed E-state index contributed by atoms with van der Waals surface area (Å²) in [6.45, 7) is 0. The van der Waals surface area contributed by atoms with E-state index in [1.807, 2.05) is 20.2 Å². The number of nitrogens with zero attached hydrogens (tertiary/aromatic N) is 3. The zero-order valence-corrected chi connectivity index (χ0v) is 11.0. The van der Waals surface area contributed by atoms with Crippen LogP contribution in [0.1, 0.15) is 17.4 Å². The van der Waals surface area contributed by atoms with Gasteiger partial charge in [-0.15, -0.1) is 0 Å². The molecule has 0 radical (unpaired) electrons. The van der Waals surface area contributed by atoms with Crippen molar-refractivity contribution in [2.75, 3.05) is 7.05 Å². The number of hydrogen-bond donors (Lipinski definition) is 1. The molecule has 0 aliphatic heterocycles. The number of hydrogen-bond acceptors (Lipinski definition) is 3. The van der Waals surface area contributed by atoms with Crippen molar-refractivity contribution in [1.29, 1.82) is 0 Å². The molecule has 0 saturated heterocycles. The Kier molecular flexibility index (Phi) is 3.66. The summed E-state index contributed by atoms with van der Waals surface area (Å²) >= 11 is 12.2. The molecule has 6 heteroatoms. The van der Waals surface area contributed by atoms with Gasteiger partial charge < -0.3 is 5.32 Å². The van der Waals surface area contributed by atoms with Gasteiger partial charge in [0.2, 0.25) is 0 Å². The molecule has 1 aromatic carbocycles. The van der Waals surface area contributed by atoms with Gasteiger partial charge in [-0.3, -0.25) is 4.68 Å². The monoisotopic (exact) mass is 270 g/mol. The minimum atomic E-state index is -0.131. The molecule has 1 unspecified atom stereocenters. The minimum absolute atomic E-state index is 0.131. The molecular formula is C11H12Cl2N4. The topological polar surface area (TPSA) is 42.7 Å². The van der Waals surface area contributed by atoms with E-state index in [1.165, 1.54) is 6.33 Å². The zero-order valence-electron chi connectivity index (χ0n) is 9.48. The van der Waals surface area contributed by atoms with Crippen LogP contribution in [0.2, 0.25) is 10.0 Å². The third-order valence-corrected chi connectivity index (χ3v) is 3.14. The molecule has 0 aliphatic rings. The van der Waals surface area contributed by atoms with Crippen LogP contribution in [0.15, 0.2) is 24.5 Å². The second-order valence-corrected chi connectivity index (χ2v) is 4.47. The molecule has 4 nitrogen and oxygen atoms in total. The molecule has 0 spiro atoms. The van der Waals surface area contributed by atoms with Crippen LogP contribution in [0.5, 0.6) is 0 Å². The second-order valence-electron chi connectivity index (χ2n) is 3.63. The summed E-state index contributed by atoms with van der Waals surface area (Å²) in [5.41, 5.74) is 0.887. The smallest absolute Gasteiger partial charge is 0.148 e. The van der Waals surface area contributed by atoms with E-state index in [4.69, 9.17) is 23.2 Å². The maximum Gasteiger partial charge on any atom is 0.148 e. The van der Waals surface area contributed by atoms with Crippen molar-refractivity contribution in [3.05, 3.63) is 46.0 Å². The average molecular weight is 271 g/mol. The van der Waals surface area contributed by atoms with Crippen LogP contribution in [-0.4, -0.2) is 21.8 Å². The summed E-state index contributed by atoms with van der Waals surface area (Å²) in [4.78, 5) is 4.22. The highest BCUT2D eigenvalue weighted by Gasteiger charge is 2.19. The van der Waals surface area contributed by atoms with Crippen molar-refractivity contribution in [2.45, 2.75) is 6.04 Å². The first kappa shape index (κ1) is 12.4. The Morgan fingerprint density at radius 3 is 2.71 bits per heavy atom. The first-order valence-electron chi connectivity index (χ1n) is 5.09. The van der Waals surface area contributed by atoms with Gasteiger partial charge in [0.1, 0.15) is 12.2 Å². The van der Waals surface area contributed by atoms with Crippen molar-refractivity contribution < 1.29 is 0 Å². The van der Waals surface area contributed by atoms with Gasteiger partial charge in [0.15, 0.2) is 0 Å². The Morgan fingerprint density at radius 2 is 2.12 bits per heavy atom. The highest BCUT2D eigenvalue weighted by molar-refractivity contribution is 6.33. The quantitative estimate of drug-likeness (QED) is 0.932. The Labute approximate surface area is 110 Å². The van der Waals surface area contributed by atoms with Crippen LogP contribution in [0.25, 0.3) is 0 Å². The number of aryl methyl sites for hydroxylation is 1. The van der Waals surface area contributed by atoms with Gasteiger partial charge in [-0.1, -0.05) is 23.2 Å².